The summed E-state index contributed by atoms with van der Waals surface area (Å²) in [4.78, 5) is 4.04. The van der Waals surface area contributed by atoms with E-state index in [1.807, 2.05) is 6.07 Å². The van der Waals surface area contributed by atoms with Crippen LogP contribution in [0.3, 0.4) is 0 Å². The monoisotopic (exact) mass is 219 g/mol. The van der Waals surface area contributed by atoms with Crippen molar-refractivity contribution in [2.24, 2.45) is 0 Å². The van der Waals surface area contributed by atoms with Crippen LogP contribution in [0.2, 0.25) is 0 Å². The zero-order valence-electron chi connectivity index (χ0n) is 8.92. The Balaban J connectivity index is 2.46. The van der Waals surface area contributed by atoms with E-state index in [0.717, 1.165) is 5.69 Å². The number of hydrogen-bond acceptors (Lipinski definition) is 4. The molecule has 2 rings (SSSR count). The third kappa shape index (κ3) is 1.85. The molecule has 0 atom stereocenters. The Labute approximate surface area is 93.1 Å². The molecule has 1 aromatic carbocycles. The van der Waals surface area contributed by atoms with Gasteiger partial charge in [-0.1, -0.05) is 0 Å². The molecule has 0 amide bonds. The van der Waals surface area contributed by atoms with Crippen molar-refractivity contribution >= 4 is 5.69 Å². The predicted octanol–water partition coefficient (Wildman–Crippen LogP) is 0.955. The van der Waals surface area contributed by atoms with Crippen molar-refractivity contribution in [1.29, 1.82) is 0 Å². The summed E-state index contributed by atoms with van der Waals surface area (Å²) in [7, 11) is 1.59. The van der Waals surface area contributed by atoms with Gasteiger partial charge in [-0.05, 0) is 12.1 Å². The molecule has 16 heavy (non-hydrogen) atoms. The number of anilines is 1. The van der Waals surface area contributed by atoms with Gasteiger partial charge in [0.05, 0.1) is 31.4 Å². The number of nitrogen functional groups attached to an aromatic ring is 1. The van der Waals surface area contributed by atoms with Crippen LogP contribution < -0.4 is 10.5 Å². The van der Waals surface area contributed by atoms with Gasteiger partial charge in [0.2, 0.25) is 0 Å². The molecule has 0 fully saturated rings. The lowest BCUT2D eigenvalue weighted by atomic mass is 10.2. The topological polar surface area (TPSA) is 73.3 Å². The number of aliphatic hydroxyl groups is 1. The second kappa shape index (κ2) is 4.24. The van der Waals surface area contributed by atoms with Crippen molar-refractivity contribution in [3.8, 4) is 11.4 Å². The van der Waals surface area contributed by atoms with Gasteiger partial charge in [-0.3, -0.25) is 0 Å². The van der Waals surface area contributed by atoms with Crippen LogP contribution in [0.4, 0.5) is 5.69 Å². The normalized spacial score (nSPS) is 10.4. The van der Waals surface area contributed by atoms with Crippen LogP contribution >= 0.6 is 0 Å². The average molecular weight is 219 g/mol. The van der Waals surface area contributed by atoms with E-state index in [0.29, 0.717) is 17.1 Å². The van der Waals surface area contributed by atoms with Crippen LogP contribution in [0, 0.1) is 0 Å². The fourth-order valence-corrected chi connectivity index (χ4v) is 1.48. The van der Waals surface area contributed by atoms with E-state index in [2.05, 4.69) is 4.98 Å². The van der Waals surface area contributed by atoms with Crippen LogP contribution in [-0.4, -0.2) is 21.8 Å². The molecule has 0 aliphatic heterocycles. The second-order valence-corrected chi connectivity index (χ2v) is 3.36. The molecular formula is C11H13N3O2. The number of nitrogens with zero attached hydrogens (tertiary/aromatic N) is 2. The Kier molecular flexibility index (Phi) is 2.78. The van der Waals surface area contributed by atoms with E-state index < -0.39 is 0 Å². The molecule has 0 aliphatic carbocycles. The Morgan fingerprint density at radius 2 is 2.31 bits per heavy atom. The van der Waals surface area contributed by atoms with E-state index in [1.54, 1.807) is 36.3 Å². The number of aromatic nitrogens is 2. The standard InChI is InChI=1S/C11H13N3O2/c1-16-11-4-8(12)2-3-10(11)14-5-9(6-15)13-7-14/h2-5,7,15H,6,12H2,1H3. The number of nitrogens with two attached hydrogens (primary N) is 1. The van der Waals surface area contributed by atoms with Gasteiger partial charge >= 0.3 is 0 Å². The van der Waals surface area contributed by atoms with Crippen molar-refractivity contribution in [3.63, 3.8) is 0 Å². The number of aliphatic hydroxyl groups excluding tert-OH is 1. The average Bonchev–Trinajstić information content (AvgIpc) is 2.77. The Morgan fingerprint density at radius 1 is 1.50 bits per heavy atom. The summed E-state index contributed by atoms with van der Waals surface area (Å²) in [5.41, 5.74) is 7.76. The smallest absolute Gasteiger partial charge is 0.144 e. The first kappa shape index (κ1) is 10.5. The number of rotatable bonds is 3. The molecule has 0 aliphatic rings. The van der Waals surface area contributed by atoms with Crippen LogP contribution in [0.15, 0.2) is 30.7 Å². The molecule has 3 N–H and O–H groups in total. The van der Waals surface area contributed by atoms with Gasteiger partial charge in [0, 0.05) is 18.0 Å². The Bertz CT molecular complexity index is 494. The molecular weight excluding hydrogens is 206 g/mol. The van der Waals surface area contributed by atoms with Gasteiger partial charge in [0.25, 0.3) is 0 Å². The first-order valence-corrected chi connectivity index (χ1v) is 4.82. The number of ether oxygens (including phenoxy) is 1. The fourth-order valence-electron chi connectivity index (χ4n) is 1.48. The van der Waals surface area contributed by atoms with Gasteiger partial charge < -0.3 is 20.1 Å². The van der Waals surface area contributed by atoms with Crippen LogP contribution in [0.25, 0.3) is 5.69 Å². The molecule has 0 saturated carbocycles. The summed E-state index contributed by atoms with van der Waals surface area (Å²) in [5, 5.41) is 8.94. The van der Waals surface area contributed by atoms with Gasteiger partial charge in [0.15, 0.2) is 0 Å². The van der Waals surface area contributed by atoms with Crippen molar-refractivity contribution < 1.29 is 9.84 Å². The highest BCUT2D eigenvalue weighted by molar-refractivity contribution is 5.55. The number of imidazole rings is 1. The maximum absolute atomic E-state index is 8.94. The molecule has 0 spiro atoms. The SMILES string of the molecule is COc1cc(N)ccc1-n1cnc(CO)c1. The van der Waals surface area contributed by atoms with E-state index >= 15 is 0 Å². The van der Waals surface area contributed by atoms with Crippen molar-refractivity contribution in [2.75, 3.05) is 12.8 Å². The van der Waals surface area contributed by atoms with Crippen LogP contribution in [0.1, 0.15) is 5.69 Å². The third-order valence-corrected chi connectivity index (χ3v) is 2.28. The summed E-state index contributed by atoms with van der Waals surface area (Å²) >= 11 is 0. The molecule has 1 aromatic heterocycles. The predicted molar refractivity (Wildman–Crippen MR) is 60.5 cm³/mol. The molecule has 84 valence electrons. The minimum absolute atomic E-state index is 0.0791. The van der Waals surface area contributed by atoms with E-state index in [-0.39, 0.29) is 6.61 Å². The lowest BCUT2D eigenvalue weighted by Crippen LogP contribution is -1.97. The van der Waals surface area contributed by atoms with Crippen molar-refractivity contribution in [2.45, 2.75) is 6.61 Å². The van der Waals surface area contributed by atoms with Gasteiger partial charge in [-0.25, -0.2) is 4.98 Å². The molecule has 0 bridgehead atoms. The van der Waals surface area contributed by atoms with Gasteiger partial charge in [-0.2, -0.15) is 0 Å². The maximum Gasteiger partial charge on any atom is 0.144 e. The largest absolute Gasteiger partial charge is 0.494 e. The first-order valence-electron chi connectivity index (χ1n) is 4.82. The number of hydrogen-bond donors (Lipinski definition) is 2. The summed E-state index contributed by atoms with van der Waals surface area (Å²) in [5.74, 6) is 0.668. The molecule has 0 unspecified atom stereocenters. The maximum atomic E-state index is 8.94. The Morgan fingerprint density at radius 3 is 2.94 bits per heavy atom. The van der Waals surface area contributed by atoms with Crippen LogP contribution in [0.5, 0.6) is 5.75 Å². The van der Waals surface area contributed by atoms with E-state index in [9.17, 15) is 0 Å². The highest BCUT2D eigenvalue weighted by Crippen LogP contribution is 2.25. The highest BCUT2D eigenvalue weighted by atomic mass is 16.5. The van der Waals surface area contributed by atoms with Gasteiger partial charge in [-0.15, -0.1) is 0 Å². The zero-order chi connectivity index (χ0) is 11.5. The van der Waals surface area contributed by atoms with Crippen molar-refractivity contribution in [3.05, 3.63) is 36.4 Å². The minimum Gasteiger partial charge on any atom is -0.494 e. The van der Waals surface area contributed by atoms with Crippen molar-refractivity contribution in [1.82, 2.24) is 9.55 Å². The molecule has 0 radical (unpaired) electrons. The summed E-state index contributed by atoms with van der Waals surface area (Å²) in [6, 6.07) is 5.38. The number of methoxy groups -OCH3 is 1. The third-order valence-electron chi connectivity index (χ3n) is 2.28. The number of benzene rings is 1. The van der Waals surface area contributed by atoms with Crippen LogP contribution in [-0.2, 0) is 6.61 Å². The zero-order valence-corrected chi connectivity index (χ0v) is 8.92. The van der Waals surface area contributed by atoms with E-state index in [4.69, 9.17) is 15.6 Å². The lowest BCUT2D eigenvalue weighted by molar-refractivity contribution is 0.277. The Hall–Kier alpha value is -2.01. The molecule has 1 heterocycles. The molecule has 0 saturated heterocycles. The summed E-state index contributed by atoms with van der Waals surface area (Å²) < 4.78 is 7.01. The molecule has 5 nitrogen and oxygen atoms in total. The fraction of sp³-hybridized carbons (Fsp3) is 0.182. The van der Waals surface area contributed by atoms with E-state index in [1.165, 1.54) is 0 Å². The lowest BCUT2D eigenvalue weighted by Gasteiger charge is -2.09. The second-order valence-electron chi connectivity index (χ2n) is 3.36. The summed E-state index contributed by atoms with van der Waals surface area (Å²) in [6.45, 7) is -0.0791. The first-order chi connectivity index (χ1) is 7.74. The van der Waals surface area contributed by atoms with Gasteiger partial charge in [0.1, 0.15) is 5.75 Å². The minimum atomic E-state index is -0.0791. The summed E-state index contributed by atoms with van der Waals surface area (Å²) in [6.07, 6.45) is 3.37. The quantitative estimate of drug-likeness (QED) is 0.754. The molecule has 2 aromatic rings. The highest BCUT2D eigenvalue weighted by Gasteiger charge is 2.06. The molecule has 5 heteroatoms.